The van der Waals surface area contributed by atoms with Crippen LogP contribution in [-0.2, 0) is 9.53 Å². The van der Waals surface area contributed by atoms with Gasteiger partial charge < -0.3 is 25.2 Å². The summed E-state index contributed by atoms with van der Waals surface area (Å²) in [6.07, 6.45) is -2.29. The van der Waals surface area contributed by atoms with Crippen molar-refractivity contribution in [2.45, 2.75) is 38.1 Å². The molecule has 1 aliphatic heterocycles. The van der Waals surface area contributed by atoms with Gasteiger partial charge in [-0.25, -0.2) is 9.78 Å². The molecular weight excluding hydrogens is 559 g/mol. The lowest BCUT2D eigenvalue weighted by molar-refractivity contribution is -0.274. The maximum atomic E-state index is 13.1. The number of carboxylic acids is 1. The van der Waals surface area contributed by atoms with E-state index in [1.165, 1.54) is 35.6 Å². The first kappa shape index (κ1) is 28.6. The van der Waals surface area contributed by atoms with Crippen molar-refractivity contribution in [3.63, 3.8) is 0 Å². The maximum Gasteiger partial charge on any atom is 0.573 e. The number of aromatic carboxylic acids is 1. The van der Waals surface area contributed by atoms with Crippen LogP contribution in [0.25, 0.3) is 17.0 Å². The number of piperidine rings is 1. The molecular formula is C29H28F3N3O5S. The Morgan fingerprint density at radius 1 is 1.05 bits per heavy atom. The van der Waals surface area contributed by atoms with Gasteiger partial charge in [-0.05, 0) is 49.9 Å². The number of carbonyl (C=O) groups excluding carboxylic acids is 1. The van der Waals surface area contributed by atoms with Gasteiger partial charge in [-0.15, -0.1) is 24.5 Å². The molecule has 12 heteroatoms. The van der Waals surface area contributed by atoms with Crippen LogP contribution in [-0.4, -0.2) is 54.0 Å². The number of halogens is 3. The number of alkyl halides is 3. The van der Waals surface area contributed by atoms with E-state index in [9.17, 15) is 22.8 Å². The van der Waals surface area contributed by atoms with E-state index in [-0.39, 0.29) is 46.8 Å². The van der Waals surface area contributed by atoms with Gasteiger partial charge in [0.25, 0.3) is 0 Å². The number of carbonyl (C=O) groups is 2. The fraction of sp³-hybridized carbons (Fsp3) is 0.345. The number of aromatic nitrogens is 1. The number of nitrogens with zero attached hydrogens (tertiary/aromatic N) is 2. The molecule has 2 heterocycles. The van der Waals surface area contributed by atoms with Crippen LogP contribution in [0, 0.1) is 5.92 Å². The summed E-state index contributed by atoms with van der Waals surface area (Å²) >= 11 is 1.50. The Balaban J connectivity index is 1.23. The second-order valence-corrected chi connectivity index (χ2v) is 10.8. The molecule has 3 N–H and O–H groups in total. The lowest BCUT2D eigenvalue weighted by Gasteiger charge is -2.32. The smallest absolute Gasteiger partial charge is 0.478 e. The summed E-state index contributed by atoms with van der Waals surface area (Å²) < 4.78 is 49.1. The van der Waals surface area contributed by atoms with Gasteiger partial charge >= 0.3 is 12.3 Å². The molecule has 1 saturated heterocycles. The fourth-order valence-electron chi connectivity index (χ4n) is 4.68. The Labute approximate surface area is 238 Å². The topological polar surface area (TPSA) is 115 Å². The van der Waals surface area contributed by atoms with Crippen molar-refractivity contribution in [1.82, 2.24) is 4.98 Å². The quantitative estimate of drug-likeness (QED) is 0.289. The number of hydrogen-bond donors (Lipinski definition) is 2. The highest BCUT2D eigenvalue weighted by Gasteiger charge is 2.36. The molecule has 216 valence electrons. The number of nitrogens with two attached hydrogens (primary N) is 1. The zero-order valence-corrected chi connectivity index (χ0v) is 22.7. The number of ether oxygens (including phenoxy) is 2. The van der Waals surface area contributed by atoms with Gasteiger partial charge in [0.1, 0.15) is 5.75 Å². The molecule has 1 saturated carbocycles. The van der Waals surface area contributed by atoms with Crippen molar-refractivity contribution in [1.29, 1.82) is 0 Å². The van der Waals surface area contributed by atoms with Gasteiger partial charge in [0.05, 0.1) is 29.7 Å². The molecule has 8 nitrogen and oxygen atoms in total. The Bertz CT molecular complexity index is 1440. The predicted octanol–water partition coefficient (Wildman–Crippen LogP) is 5.74. The molecule has 5 rings (SSSR count). The number of carboxylic acid groups (broad SMARTS) is 1. The van der Waals surface area contributed by atoms with Crippen molar-refractivity contribution in [3.05, 3.63) is 70.6 Å². The lowest BCUT2D eigenvalue weighted by Crippen LogP contribution is -2.37. The summed E-state index contributed by atoms with van der Waals surface area (Å²) in [6.45, 7) is 1.24. The molecule has 1 aliphatic carbocycles. The Kier molecular flexibility index (Phi) is 8.32. The van der Waals surface area contributed by atoms with Gasteiger partial charge in [-0.2, -0.15) is 0 Å². The first-order chi connectivity index (χ1) is 19.6. The zero-order valence-electron chi connectivity index (χ0n) is 21.9. The van der Waals surface area contributed by atoms with Crippen molar-refractivity contribution < 1.29 is 37.3 Å². The fourth-order valence-corrected chi connectivity index (χ4v) is 5.57. The number of para-hydroxylation sites is 1. The second-order valence-electron chi connectivity index (χ2n) is 9.97. The van der Waals surface area contributed by atoms with Crippen molar-refractivity contribution >= 4 is 33.9 Å². The summed E-state index contributed by atoms with van der Waals surface area (Å²) in [5, 5.41) is 11.9. The first-order valence-electron chi connectivity index (χ1n) is 13.1. The van der Waals surface area contributed by atoms with Crippen molar-refractivity contribution in [2.24, 2.45) is 11.7 Å². The Morgan fingerprint density at radius 3 is 2.37 bits per heavy atom. The third kappa shape index (κ3) is 7.06. The van der Waals surface area contributed by atoms with Gasteiger partial charge in [-0.3, -0.25) is 4.79 Å². The summed E-state index contributed by atoms with van der Waals surface area (Å²) in [5.41, 5.74) is 8.22. The normalized spacial score (nSPS) is 16.8. The van der Waals surface area contributed by atoms with E-state index in [0.29, 0.717) is 38.8 Å². The standard InChI is InChI=1S/C29H28F3N3O5S/c30-29(31,32)40-24-4-2-1-3-21(24)25(33)22(26(36)18-7-8-18)15-39-20-11-13-35(14-12-20)28-34-23(16-41-28)17-5-9-19(10-6-17)27(37)38/h1-6,9-10,16,18,20H,7-8,11-15,33H2,(H,37,38). The van der Waals surface area contributed by atoms with Crippen LogP contribution in [0.15, 0.2) is 59.5 Å². The van der Waals surface area contributed by atoms with Crippen molar-refractivity contribution in [2.75, 3.05) is 24.6 Å². The lowest BCUT2D eigenvalue weighted by atomic mass is 10.0. The Hall–Kier alpha value is -3.90. The minimum atomic E-state index is -4.90. The molecule has 0 bridgehead atoms. The van der Waals surface area contributed by atoms with Crippen LogP contribution in [0.2, 0.25) is 0 Å². The molecule has 1 aromatic heterocycles. The number of hydrogen-bond acceptors (Lipinski definition) is 8. The summed E-state index contributed by atoms with van der Waals surface area (Å²) in [4.78, 5) is 31.0. The van der Waals surface area contributed by atoms with Crippen LogP contribution < -0.4 is 15.4 Å². The molecule has 0 spiro atoms. The van der Waals surface area contributed by atoms with E-state index >= 15 is 0 Å². The number of rotatable bonds is 10. The summed E-state index contributed by atoms with van der Waals surface area (Å²) in [5.74, 6) is -1.84. The molecule has 2 aromatic carbocycles. The minimum absolute atomic E-state index is 0.00409. The van der Waals surface area contributed by atoms with E-state index in [1.807, 2.05) is 5.38 Å². The van der Waals surface area contributed by atoms with Gasteiger partial charge in [0, 0.05) is 41.1 Å². The molecule has 0 atom stereocenters. The van der Waals surface area contributed by atoms with E-state index in [1.54, 1.807) is 24.3 Å². The first-order valence-corrected chi connectivity index (χ1v) is 14.0. The SMILES string of the molecule is NC(=C(COC1CCN(c2nc(-c3ccc(C(=O)O)cc3)cs2)CC1)C(=O)C1CC1)c1ccccc1OC(F)(F)F. The highest BCUT2D eigenvalue weighted by atomic mass is 32.1. The number of Topliss-reactive ketones (excluding diaryl/α,β-unsaturated/α-hetero) is 1. The number of anilines is 1. The van der Waals surface area contributed by atoms with Crippen LogP contribution in [0.5, 0.6) is 5.75 Å². The van der Waals surface area contributed by atoms with Gasteiger partial charge in [0.2, 0.25) is 0 Å². The molecule has 0 amide bonds. The Morgan fingerprint density at radius 2 is 1.73 bits per heavy atom. The molecule has 0 unspecified atom stereocenters. The van der Waals surface area contributed by atoms with Crippen LogP contribution in [0.1, 0.15) is 41.6 Å². The molecule has 2 fully saturated rings. The molecule has 3 aromatic rings. The highest BCUT2D eigenvalue weighted by Crippen LogP contribution is 2.36. The summed E-state index contributed by atoms with van der Waals surface area (Å²) in [7, 11) is 0. The predicted molar refractivity (Wildman–Crippen MR) is 148 cm³/mol. The molecule has 41 heavy (non-hydrogen) atoms. The highest BCUT2D eigenvalue weighted by molar-refractivity contribution is 7.14. The zero-order chi connectivity index (χ0) is 29.1. The number of benzene rings is 2. The van der Waals surface area contributed by atoms with E-state index in [0.717, 1.165) is 16.4 Å². The largest absolute Gasteiger partial charge is 0.573 e. The third-order valence-corrected chi connectivity index (χ3v) is 7.97. The molecule has 0 radical (unpaired) electrons. The average molecular weight is 588 g/mol. The van der Waals surface area contributed by atoms with Gasteiger partial charge in [-0.1, -0.05) is 24.3 Å². The average Bonchev–Trinajstić information content (AvgIpc) is 3.69. The maximum absolute atomic E-state index is 13.1. The number of thiazole rings is 1. The van der Waals surface area contributed by atoms with E-state index in [2.05, 4.69) is 9.64 Å². The minimum Gasteiger partial charge on any atom is -0.478 e. The van der Waals surface area contributed by atoms with Crippen LogP contribution in [0.3, 0.4) is 0 Å². The van der Waals surface area contributed by atoms with Crippen molar-refractivity contribution in [3.8, 4) is 17.0 Å². The number of ketones is 1. The van der Waals surface area contributed by atoms with Crippen LogP contribution in [0.4, 0.5) is 18.3 Å². The van der Waals surface area contributed by atoms with E-state index < -0.39 is 18.1 Å². The summed E-state index contributed by atoms with van der Waals surface area (Å²) in [6, 6.07) is 12.1. The third-order valence-electron chi connectivity index (χ3n) is 7.07. The monoisotopic (exact) mass is 587 g/mol. The van der Waals surface area contributed by atoms with E-state index in [4.69, 9.17) is 20.6 Å². The van der Waals surface area contributed by atoms with Gasteiger partial charge in [0.15, 0.2) is 10.9 Å². The molecule has 2 aliphatic rings. The second kappa shape index (κ2) is 11.9. The van der Waals surface area contributed by atoms with Crippen LogP contribution >= 0.6 is 11.3 Å².